The monoisotopic (exact) mass is 336 g/mol. The molecule has 5 heteroatoms. The number of nitrogens with zero attached hydrogens (tertiary/aromatic N) is 3. The third kappa shape index (κ3) is 4.23. The highest BCUT2D eigenvalue weighted by Gasteiger charge is 2.42. The predicted molar refractivity (Wildman–Crippen MR) is 99.5 cm³/mol. The summed E-state index contributed by atoms with van der Waals surface area (Å²) in [4.78, 5) is 9.72. The van der Waals surface area contributed by atoms with Gasteiger partial charge in [-0.3, -0.25) is 9.89 Å². The van der Waals surface area contributed by atoms with Gasteiger partial charge in [-0.05, 0) is 45.2 Å². The van der Waals surface area contributed by atoms with Gasteiger partial charge in [0, 0.05) is 44.7 Å². The Hall–Kier alpha value is -0.810. The highest BCUT2D eigenvalue weighted by atomic mass is 16.5. The lowest BCUT2D eigenvalue weighted by molar-refractivity contribution is 0.146. The summed E-state index contributed by atoms with van der Waals surface area (Å²) in [6.45, 7) is 9.96. The summed E-state index contributed by atoms with van der Waals surface area (Å²) in [6, 6.07) is 0.674. The first-order valence-electron chi connectivity index (χ1n) is 10.0. The molecule has 2 unspecified atom stereocenters. The molecule has 3 fully saturated rings. The van der Waals surface area contributed by atoms with Gasteiger partial charge in [0.25, 0.3) is 0 Å². The molecule has 0 aliphatic carbocycles. The molecular formula is C19H36N4O. The maximum atomic E-state index is 5.66. The van der Waals surface area contributed by atoms with Crippen molar-refractivity contribution < 1.29 is 4.74 Å². The van der Waals surface area contributed by atoms with E-state index in [1.807, 2.05) is 7.05 Å². The first-order chi connectivity index (χ1) is 11.8. The van der Waals surface area contributed by atoms with E-state index in [0.717, 1.165) is 38.8 Å². The van der Waals surface area contributed by atoms with Crippen molar-refractivity contribution in [2.75, 3.05) is 53.0 Å². The fraction of sp³-hybridized carbons (Fsp3) is 0.947. The molecule has 0 bridgehead atoms. The van der Waals surface area contributed by atoms with E-state index < -0.39 is 0 Å². The molecule has 138 valence electrons. The topological polar surface area (TPSA) is 40.1 Å². The zero-order valence-electron chi connectivity index (χ0n) is 15.7. The maximum absolute atomic E-state index is 5.66. The minimum atomic E-state index is 0.398. The Kier molecular flexibility index (Phi) is 6.39. The molecule has 0 amide bonds. The number of hydrogen-bond donors (Lipinski definition) is 1. The van der Waals surface area contributed by atoms with Gasteiger partial charge in [0.2, 0.25) is 0 Å². The molecule has 1 N–H and O–H groups in total. The van der Waals surface area contributed by atoms with E-state index >= 15 is 0 Å². The van der Waals surface area contributed by atoms with E-state index in [2.05, 4.69) is 27.0 Å². The Balaban J connectivity index is 1.50. The van der Waals surface area contributed by atoms with Crippen molar-refractivity contribution in [2.45, 2.75) is 57.9 Å². The first-order valence-corrected chi connectivity index (χ1v) is 10.0. The molecule has 24 heavy (non-hydrogen) atoms. The van der Waals surface area contributed by atoms with Crippen LogP contribution in [0.4, 0.5) is 0 Å². The van der Waals surface area contributed by atoms with Crippen LogP contribution in [0.15, 0.2) is 4.99 Å². The largest absolute Gasteiger partial charge is 0.381 e. The number of hydrogen-bond acceptors (Lipinski definition) is 3. The standard InChI is InChI=1S/C19H36N4O/c1-3-4-10-22-11-6-5-7-17(22)14-21-18(20-2)23-12-8-19(15-23)9-13-24-16-19/h17H,3-16H2,1-2H3,(H,20,21). The Morgan fingerprint density at radius 2 is 2.21 bits per heavy atom. The van der Waals surface area contributed by atoms with Crippen LogP contribution in [0.2, 0.25) is 0 Å². The highest BCUT2D eigenvalue weighted by Crippen LogP contribution is 2.38. The number of guanidine groups is 1. The zero-order chi connectivity index (χ0) is 16.8. The van der Waals surface area contributed by atoms with Gasteiger partial charge in [-0.25, -0.2) is 0 Å². The van der Waals surface area contributed by atoms with E-state index in [9.17, 15) is 0 Å². The van der Waals surface area contributed by atoms with Crippen molar-refractivity contribution in [3.63, 3.8) is 0 Å². The Labute approximate surface area is 147 Å². The van der Waals surface area contributed by atoms with Gasteiger partial charge in [-0.2, -0.15) is 0 Å². The Bertz CT molecular complexity index is 420. The summed E-state index contributed by atoms with van der Waals surface area (Å²) in [5.41, 5.74) is 0.398. The molecular weight excluding hydrogens is 300 g/mol. The summed E-state index contributed by atoms with van der Waals surface area (Å²) in [5, 5.41) is 3.69. The maximum Gasteiger partial charge on any atom is 0.193 e. The summed E-state index contributed by atoms with van der Waals surface area (Å²) in [7, 11) is 1.92. The molecule has 0 saturated carbocycles. The van der Waals surface area contributed by atoms with Crippen molar-refractivity contribution in [1.82, 2.24) is 15.1 Å². The normalized spacial score (nSPS) is 32.0. The molecule has 0 aromatic rings. The minimum absolute atomic E-state index is 0.398. The molecule has 0 radical (unpaired) electrons. The zero-order valence-corrected chi connectivity index (χ0v) is 15.7. The van der Waals surface area contributed by atoms with Gasteiger partial charge in [0.15, 0.2) is 5.96 Å². The van der Waals surface area contributed by atoms with E-state index in [-0.39, 0.29) is 0 Å². The SMILES string of the molecule is CCCCN1CCCCC1CNC(=NC)N1CCC2(CCOC2)C1. The number of aliphatic imine (C=N–C) groups is 1. The van der Waals surface area contributed by atoms with Gasteiger partial charge in [-0.1, -0.05) is 19.8 Å². The van der Waals surface area contributed by atoms with Gasteiger partial charge in [-0.15, -0.1) is 0 Å². The van der Waals surface area contributed by atoms with E-state index in [1.165, 1.54) is 58.0 Å². The van der Waals surface area contributed by atoms with Crippen molar-refractivity contribution >= 4 is 5.96 Å². The van der Waals surface area contributed by atoms with Crippen LogP contribution in [0.3, 0.4) is 0 Å². The van der Waals surface area contributed by atoms with E-state index in [0.29, 0.717) is 11.5 Å². The minimum Gasteiger partial charge on any atom is -0.381 e. The molecule has 0 aromatic heterocycles. The lowest BCUT2D eigenvalue weighted by Gasteiger charge is -2.36. The first kappa shape index (κ1) is 18.0. The molecule has 1 spiro atoms. The van der Waals surface area contributed by atoms with Crippen LogP contribution >= 0.6 is 0 Å². The quantitative estimate of drug-likeness (QED) is 0.618. The number of unbranched alkanes of at least 4 members (excludes halogenated alkanes) is 1. The molecule has 5 nitrogen and oxygen atoms in total. The smallest absolute Gasteiger partial charge is 0.193 e. The van der Waals surface area contributed by atoms with Crippen LogP contribution in [-0.4, -0.2) is 74.8 Å². The van der Waals surface area contributed by atoms with Crippen LogP contribution < -0.4 is 5.32 Å². The Morgan fingerprint density at radius 1 is 1.29 bits per heavy atom. The molecule has 3 saturated heterocycles. The van der Waals surface area contributed by atoms with Crippen LogP contribution in [0.5, 0.6) is 0 Å². The molecule has 2 atom stereocenters. The molecule has 0 aromatic carbocycles. The second-order valence-electron chi connectivity index (χ2n) is 7.94. The molecule has 3 heterocycles. The molecule has 3 rings (SSSR count). The Morgan fingerprint density at radius 3 is 2.96 bits per heavy atom. The number of ether oxygens (including phenoxy) is 1. The fourth-order valence-electron chi connectivity index (χ4n) is 4.58. The van der Waals surface area contributed by atoms with Crippen molar-refractivity contribution in [3.05, 3.63) is 0 Å². The second-order valence-corrected chi connectivity index (χ2v) is 7.94. The fourth-order valence-corrected chi connectivity index (χ4v) is 4.58. The van der Waals surface area contributed by atoms with Gasteiger partial charge in [0.05, 0.1) is 6.61 Å². The summed E-state index contributed by atoms with van der Waals surface area (Å²) in [5.74, 6) is 1.10. The lowest BCUT2D eigenvalue weighted by Crippen LogP contribution is -2.50. The van der Waals surface area contributed by atoms with Gasteiger partial charge < -0.3 is 15.0 Å². The molecule has 3 aliphatic rings. The van der Waals surface area contributed by atoms with E-state index in [1.54, 1.807) is 0 Å². The third-order valence-electron chi connectivity index (χ3n) is 6.18. The van der Waals surface area contributed by atoms with Crippen molar-refractivity contribution in [1.29, 1.82) is 0 Å². The van der Waals surface area contributed by atoms with Crippen LogP contribution in [-0.2, 0) is 4.74 Å². The van der Waals surface area contributed by atoms with Gasteiger partial charge >= 0.3 is 0 Å². The van der Waals surface area contributed by atoms with Gasteiger partial charge in [0.1, 0.15) is 0 Å². The van der Waals surface area contributed by atoms with Crippen molar-refractivity contribution in [3.8, 4) is 0 Å². The van der Waals surface area contributed by atoms with Crippen LogP contribution in [0.1, 0.15) is 51.9 Å². The average molecular weight is 337 g/mol. The highest BCUT2D eigenvalue weighted by molar-refractivity contribution is 5.80. The van der Waals surface area contributed by atoms with Crippen LogP contribution in [0, 0.1) is 5.41 Å². The number of piperidine rings is 1. The third-order valence-corrected chi connectivity index (χ3v) is 6.18. The average Bonchev–Trinajstić information content (AvgIpc) is 3.25. The summed E-state index contributed by atoms with van der Waals surface area (Å²) in [6.07, 6.45) is 9.14. The lowest BCUT2D eigenvalue weighted by atomic mass is 9.87. The number of rotatable bonds is 5. The summed E-state index contributed by atoms with van der Waals surface area (Å²) >= 11 is 0. The predicted octanol–water partition coefficient (Wildman–Crippen LogP) is 2.33. The molecule has 3 aliphatic heterocycles. The van der Waals surface area contributed by atoms with Crippen molar-refractivity contribution in [2.24, 2.45) is 10.4 Å². The summed E-state index contributed by atoms with van der Waals surface area (Å²) < 4.78 is 5.66. The number of likely N-dealkylation sites (tertiary alicyclic amines) is 2. The number of nitrogens with one attached hydrogen (secondary N) is 1. The second kappa shape index (κ2) is 8.52. The van der Waals surface area contributed by atoms with E-state index in [4.69, 9.17) is 4.74 Å². The van der Waals surface area contributed by atoms with Crippen LogP contribution in [0.25, 0.3) is 0 Å².